The van der Waals surface area contributed by atoms with E-state index in [0.29, 0.717) is 37.4 Å². The molecule has 3 rings (SSSR count). The Kier molecular flexibility index (Phi) is 8.57. The minimum atomic E-state index is -0.872. The molecule has 9 heteroatoms. The molecule has 1 saturated heterocycles. The number of rotatable bonds is 9. The lowest BCUT2D eigenvalue weighted by molar-refractivity contribution is -0.128. The summed E-state index contributed by atoms with van der Waals surface area (Å²) in [5.41, 5.74) is 2.72. The van der Waals surface area contributed by atoms with Gasteiger partial charge < -0.3 is 10.1 Å². The van der Waals surface area contributed by atoms with Crippen LogP contribution in [0.3, 0.4) is 0 Å². The second-order valence-corrected chi connectivity index (χ2v) is 8.88. The molecule has 0 aromatic heterocycles. The van der Waals surface area contributed by atoms with Crippen molar-refractivity contribution in [1.82, 2.24) is 4.90 Å². The summed E-state index contributed by atoms with van der Waals surface area (Å²) in [6.07, 6.45) is 0.472. The van der Waals surface area contributed by atoms with E-state index in [1.807, 2.05) is 39.0 Å². The van der Waals surface area contributed by atoms with Crippen LogP contribution in [0, 0.1) is 25.5 Å². The van der Waals surface area contributed by atoms with Crippen molar-refractivity contribution in [2.45, 2.75) is 38.9 Å². The van der Waals surface area contributed by atoms with Crippen LogP contribution in [0.4, 0.5) is 20.2 Å². The summed E-state index contributed by atoms with van der Waals surface area (Å²) in [5.74, 6) is -2.37. The van der Waals surface area contributed by atoms with Crippen LogP contribution in [0.5, 0.6) is 0 Å². The highest BCUT2D eigenvalue weighted by Crippen LogP contribution is 2.33. The van der Waals surface area contributed by atoms with Gasteiger partial charge in [-0.25, -0.2) is 13.8 Å². The van der Waals surface area contributed by atoms with E-state index in [-0.39, 0.29) is 18.0 Å². The molecule has 0 bridgehead atoms. The predicted octanol–water partition coefficient (Wildman–Crippen LogP) is 4.97. The molecule has 2 amide bonds. The monoisotopic (exact) mass is 475 g/mol. The molecule has 1 aliphatic heterocycles. The van der Waals surface area contributed by atoms with E-state index in [9.17, 15) is 18.4 Å². The Labute approximate surface area is 196 Å². The Hall–Kier alpha value is -2.78. The van der Waals surface area contributed by atoms with Gasteiger partial charge in [-0.2, -0.15) is 0 Å². The summed E-state index contributed by atoms with van der Waals surface area (Å²) in [7, 11) is 0. The zero-order valence-electron chi connectivity index (χ0n) is 18.9. The van der Waals surface area contributed by atoms with Gasteiger partial charge in [-0.3, -0.25) is 14.5 Å². The molecule has 1 N–H and O–H groups in total. The molecule has 1 atom stereocenters. The summed E-state index contributed by atoms with van der Waals surface area (Å²) in [6.45, 7) is 7.38. The Bertz CT molecular complexity index is 1060. The van der Waals surface area contributed by atoms with Gasteiger partial charge in [0.1, 0.15) is 16.9 Å². The van der Waals surface area contributed by atoms with E-state index in [4.69, 9.17) is 9.73 Å². The lowest BCUT2D eigenvalue weighted by Crippen LogP contribution is -2.34. The largest absolute Gasteiger partial charge is 0.382 e. The normalized spacial score (nSPS) is 17.1. The maximum absolute atomic E-state index is 13.9. The summed E-state index contributed by atoms with van der Waals surface area (Å²) in [6, 6.07) is 8.78. The first-order chi connectivity index (χ1) is 15.8. The Balaban J connectivity index is 1.76. The first-order valence-corrected chi connectivity index (χ1v) is 11.6. The number of aryl methyl sites for hydroxylation is 2. The molecule has 1 fully saturated rings. The Morgan fingerprint density at radius 2 is 2.00 bits per heavy atom. The lowest BCUT2D eigenvalue weighted by Gasteiger charge is -2.16. The zero-order valence-corrected chi connectivity index (χ0v) is 19.7. The third-order valence-electron chi connectivity index (χ3n) is 5.04. The number of aliphatic imine (C=N–C) groups is 1. The number of carbonyl (C=O) groups excluding carboxylic acids is 2. The number of ether oxygens (including phenoxy) is 1. The zero-order chi connectivity index (χ0) is 24.0. The van der Waals surface area contributed by atoms with Gasteiger partial charge in [0.05, 0.1) is 11.4 Å². The van der Waals surface area contributed by atoms with Crippen LogP contribution >= 0.6 is 11.8 Å². The number of nitrogens with one attached hydrogen (secondary N) is 1. The Morgan fingerprint density at radius 3 is 2.70 bits per heavy atom. The van der Waals surface area contributed by atoms with Crippen LogP contribution < -0.4 is 5.32 Å². The molecule has 0 aliphatic carbocycles. The number of nitrogens with zero attached hydrogens (tertiary/aromatic N) is 2. The first-order valence-electron chi connectivity index (χ1n) is 10.7. The lowest BCUT2D eigenvalue weighted by atomic mass is 10.1. The fraction of sp³-hybridized carbons (Fsp3) is 0.375. The smallest absolute Gasteiger partial charge is 0.242 e. The van der Waals surface area contributed by atoms with E-state index < -0.39 is 22.8 Å². The van der Waals surface area contributed by atoms with Crippen LogP contribution in [0.15, 0.2) is 41.4 Å². The van der Waals surface area contributed by atoms with Gasteiger partial charge >= 0.3 is 0 Å². The molecule has 6 nitrogen and oxygen atoms in total. The maximum Gasteiger partial charge on any atom is 0.242 e. The molecule has 176 valence electrons. The number of thioether (sulfide) groups is 1. The van der Waals surface area contributed by atoms with Gasteiger partial charge in [0.15, 0.2) is 5.17 Å². The van der Waals surface area contributed by atoms with Crippen molar-refractivity contribution in [3.8, 4) is 0 Å². The van der Waals surface area contributed by atoms with Crippen molar-refractivity contribution in [2.24, 2.45) is 4.99 Å². The molecule has 1 unspecified atom stereocenters. The quantitative estimate of drug-likeness (QED) is 0.520. The molecule has 1 heterocycles. The number of benzene rings is 2. The first kappa shape index (κ1) is 24.9. The molecule has 0 radical (unpaired) electrons. The van der Waals surface area contributed by atoms with Crippen molar-refractivity contribution in [1.29, 1.82) is 0 Å². The van der Waals surface area contributed by atoms with Crippen molar-refractivity contribution < 1.29 is 23.1 Å². The highest BCUT2D eigenvalue weighted by Gasteiger charge is 2.39. The third kappa shape index (κ3) is 6.61. The predicted molar refractivity (Wildman–Crippen MR) is 127 cm³/mol. The van der Waals surface area contributed by atoms with Crippen LogP contribution in [0.2, 0.25) is 0 Å². The molecule has 33 heavy (non-hydrogen) atoms. The minimum absolute atomic E-state index is 0.130. The van der Waals surface area contributed by atoms with E-state index in [0.717, 1.165) is 28.9 Å². The fourth-order valence-electron chi connectivity index (χ4n) is 3.39. The fourth-order valence-corrected chi connectivity index (χ4v) is 4.57. The van der Waals surface area contributed by atoms with Crippen molar-refractivity contribution in [2.75, 3.05) is 25.1 Å². The van der Waals surface area contributed by atoms with Gasteiger partial charge in [-0.05, 0) is 51.0 Å². The second-order valence-electron chi connectivity index (χ2n) is 7.71. The van der Waals surface area contributed by atoms with Crippen molar-refractivity contribution in [3.63, 3.8) is 0 Å². The highest BCUT2D eigenvalue weighted by molar-refractivity contribution is 8.15. The van der Waals surface area contributed by atoms with Crippen molar-refractivity contribution >= 4 is 40.1 Å². The molecule has 0 saturated carbocycles. The van der Waals surface area contributed by atoms with Crippen molar-refractivity contribution in [3.05, 3.63) is 59.2 Å². The molecule has 1 aliphatic rings. The number of carbonyl (C=O) groups is 2. The summed E-state index contributed by atoms with van der Waals surface area (Å²) < 4.78 is 32.4. The maximum atomic E-state index is 13.9. The number of amidine groups is 1. The molecular formula is C24H27F2N3O3S. The van der Waals surface area contributed by atoms with Gasteiger partial charge in [0.2, 0.25) is 11.8 Å². The number of halogens is 2. The summed E-state index contributed by atoms with van der Waals surface area (Å²) in [4.78, 5) is 31.9. The number of hydrogen-bond donors (Lipinski definition) is 1. The van der Waals surface area contributed by atoms with Gasteiger partial charge in [0, 0.05) is 32.2 Å². The van der Waals surface area contributed by atoms with E-state index >= 15 is 0 Å². The average molecular weight is 476 g/mol. The van der Waals surface area contributed by atoms with Crippen LogP contribution in [-0.2, 0) is 14.3 Å². The summed E-state index contributed by atoms with van der Waals surface area (Å²) >= 11 is 1.21. The molecular weight excluding hydrogens is 448 g/mol. The number of anilines is 1. The van der Waals surface area contributed by atoms with Gasteiger partial charge in [0.25, 0.3) is 0 Å². The third-order valence-corrected chi connectivity index (χ3v) is 6.21. The minimum Gasteiger partial charge on any atom is -0.382 e. The number of hydrogen-bond acceptors (Lipinski definition) is 5. The van der Waals surface area contributed by atoms with E-state index in [1.54, 1.807) is 4.90 Å². The molecule has 2 aromatic carbocycles. The van der Waals surface area contributed by atoms with Crippen LogP contribution in [0.1, 0.15) is 30.9 Å². The number of amides is 2. The van der Waals surface area contributed by atoms with Gasteiger partial charge in [-0.15, -0.1) is 0 Å². The standard InChI is InChI=1S/C24H27F2N3O3S/c1-4-32-11-5-10-29-23(31)21(14-22(30)27-20-9-7-17(25)13-18(20)26)33-24(29)28-19-8-6-15(2)12-16(19)3/h6-9,12-13,21H,4-5,10-11,14H2,1-3H3,(H,27,30). The topological polar surface area (TPSA) is 71.0 Å². The summed E-state index contributed by atoms with van der Waals surface area (Å²) in [5, 5.41) is 2.25. The average Bonchev–Trinajstić information content (AvgIpc) is 3.04. The Morgan fingerprint density at radius 1 is 1.21 bits per heavy atom. The molecule has 0 spiro atoms. The van der Waals surface area contributed by atoms with Crippen LogP contribution in [-0.4, -0.2) is 46.9 Å². The van der Waals surface area contributed by atoms with E-state index in [2.05, 4.69) is 5.32 Å². The van der Waals surface area contributed by atoms with Crippen LogP contribution in [0.25, 0.3) is 0 Å². The second kappa shape index (κ2) is 11.4. The highest BCUT2D eigenvalue weighted by atomic mass is 32.2. The molecule has 2 aromatic rings. The SMILES string of the molecule is CCOCCCN1C(=O)C(CC(=O)Nc2ccc(F)cc2F)SC1=Nc1ccc(C)cc1C. The van der Waals surface area contributed by atoms with Gasteiger partial charge in [-0.1, -0.05) is 29.5 Å². The van der Waals surface area contributed by atoms with E-state index in [1.165, 1.54) is 11.8 Å².